The maximum absolute atomic E-state index is 14.0. The fourth-order valence-corrected chi connectivity index (χ4v) is 14.5. The standard InChI is InChI=1S/C46H30N4O3S4/c1-23-9-11-29-31(12-10-23)40(52)33(37(29)25(21-49)22-50)15-26-17-34-42(54-26)38-44(56-34)45-41(53-46(38)13-5-2-6-14-46)43-35(57-45)18-27(55-43)16-32-36(24(19-47)20-48)28-7-3-4-8-30(28)39(32)51/h7-8,11-12,15-18,23H,2-6,9-10,13-14H2,1H3/b32-16-,33-15-. The molecule has 3 saturated carbocycles. The van der Waals surface area contributed by atoms with Crippen molar-refractivity contribution >= 4 is 87.9 Å². The summed E-state index contributed by atoms with van der Waals surface area (Å²) in [6, 6.07) is 12.4. The highest BCUT2D eigenvalue weighted by atomic mass is 32.1. The summed E-state index contributed by atoms with van der Waals surface area (Å²) >= 11 is 6.66. The van der Waals surface area contributed by atoms with E-state index in [1.54, 1.807) is 45.3 Å². The fourth-order valence-electron chi connectivity index (χ4n) is 9.18. The molecule has 1 aliphatic heterocycles. The zero-order valence-electron chi connectivity index (χ0n) is 30.7. The highest BCUT2D eigenvalue weighted by Crippen LogP contribution is 2.63. The smallest absolute Gasteiger partial charge is 0.194 e. The quantitative estimate of drug-likeness (QED) is 0.145. The first kappa shape index (κ1) is 35.7. The van der Waals surface area contributed by atoms with Gasteiger partial charge in [0.25, 0.3) is 0 Å². The largest absolute Gasteiger partial charge is 0.479 e. The van der Waals surface area contributed by atoms with Gasteiger partial charge in [-0.2, -0.15) is 21.0 Å². The molecule has 4 aromatic heterocycles. The van der Waals surface area contributed by atoms with E-state index in [0.717, 1.165) is 97.0 Å². The highest BCUT2D eigenvalue weighted by Gasteiger charge is 2.47. The molecule has 276 valence electrons. The lowest BCUT2D eigenvalue weighted by Gasteiger charge is -2.40. The zero-order valence-corrected chi connectivity index (χ0v) is 34.0. The van der Waals surface area contributed by atoms with Crippen LogP contribution in [0.15, 0.2) is 92.2 Å². The van der Waals surface area contributed by atoms with Crippen LogP contribution in [0, 0.1) is 51.2 Å². The van der Waals surface area contributed by atoms with Gasteiger partial charge in [-0.05, 0) is 92.7 Å². The maximum Gasteiger partial charge on any atom is 0.194 e. The van der Waals surface area contributed by atoms with Crippen molar-refractivity contribution in [2.75, 3.05) is 0 Å². The molecular formula is C46H30N4O3S4. The van der Waals surface area contributed by atoms with E-state index in [2.05, 4.69) is 31.2 Å². The number of rotatable bonds is 2. The number of carbonyl (C=O) groups excluding carboxylic acids is 2. The molecule has 57 heavy (non-hydrogen) atoms. The van der Waals surface area contributed by atoms with Gasteiger partial charge >= 0.3 is 0 Å². The van der Waals surface area contributed by atoms with Crippen LogP contribution in [0.3, 0.4) is 0 Å². The Morgan fingerprint density at radius 3 is 1.81 bits per heavy atom. The molecule has 7 nitrogen and oxygen atoms in total. The molecule has 5 aliphatic carbocycles. The Hall–Kier alpha value is -5.66. The molecule has 0 radical (unpaired) electrons. The predicted molar refractivity (Wildman–Crippen MR) is 226 cm³/mol. The van der Waals surface area contributed by atoms with Gasteiger partial charge in [-0.1, -0.05) is 37.6 Å². The molecule has 1 spiro atoms. The van der Waals surface area contributed by atoms with Crippen molar-refractivity contribution in [2.24, 2.45) is 5.92 Å². The second-order valence-electron chi connectivity index (χ2n) is 15.3. The molecule has 1 atom stereocenters. The first-order chi connectivity index (χ1) is 27.8. The van der Waals surface area contributed by atoms with Crippen molar-refractivity contribution in [1.82, 2.24) is 0 Å². The number of ketones is 2. The number of ether oxygens (including phenoxy) is 1. The lowest BCUT2D eigenvalue weighted by Crippen LogP contribution is -2.37. The van der Waals surface area contributed by atoms with Gasteiger partial charge in [-0.3, -0.25) is 9.59 Å². The van der Waals surface area contributed by atoms with E-state index in [9.17, 15) is 30.6 Å². The Morgan fingerprint density at radius 1 is 0.684 bits per heavy atom. The Balaban J connectivity index is 1.09. The molecule has 0 bridgehead atoms. The van der Waals surface area contributed by atoms with Gasteiger partial charge in [0.1, 0.15) is 41.0 Å². The van der Waals surface area contributed by atoms with Crippen LogP contribution in [0.2, 0.25) is 0 Å². The monoisotopic (exact) mass is 814 g/mol. The third-order valence-electron chi connectivity index (χ3n) is 11.8. The molecule has 0 aromatic carbocycles. The van der Waals surface area contributed by atoms with E-state index < -0.39 is 5.60 Å². The number of allylic oxidation sites excluding steroid dienone is 14. The Labute approximate surface area is 344 Å². The van der Waals surface area contributed by atoms with E-state index >= 15 is 0 Å². The van der Waals surface area contributed by atoms with Gasteiger partial charge in [0.15, 0.2) is 17.3 Å². The number of nitriles is 4. The van der Waals surface area contributed by atoms with Crippen LogP contribution in [-0.4, -0.2) is 11.6 Å². The van der Waals surface area contributed by atoms with Crippen LogP contribution in [-0.2, 0) is 15.2 Å². The maximum atomic E-state index is 14.0. The van der Waals surface area contributed by atoms with Gasteiger partial charge in [0.05, 0.1) is 23.9 Å². The summed E-state index contributed by atoms with van der Waals surface area (Å²) < 4.78 is 11.6. The van der Waals surface area contributed by atoms with Crippen molar-refractivity contribution in [3.8, 4) is 39.8 Å². The summed E-state index contributed by atoms with van der Waals surface area (Å²) in [6.45, 7) is 2.13. The molecule has 0 amide bonds. The van der Waals surface area contributed by atoms with E-state index in [0.29, 0.717) is 50.5 Å². The topological polar surface area (TPSA) is 139 Å². The van der Waals surface area contributed by atoms with Gasteiger partial charge in [-0.25, -0.2) is 0 Å². The van der Waals surface area contributed by atoms with Gasteiger partial charge < -0.3 is 4.74 Å². The van der Waals surface area contributed by atoms with Gasteiger partial charge in [-0.15, -0.1) is 45.3 Å². The summed E-state index contributed by atoms with van der Waals surface area (Å²) in [5.41, 5.74) is 4.87. The molecule has 4 aromatic rings. The molecule has 0 N–H and O–H groups in total. The van der Waals surface area contributed by atoms with Crippen LogP contribution < -0.4 is 4.74 Å². The molecule has 1 unspecified atom stereocenters. The van der Waals surface area contributed by atoms with Crippen LogP contribution in [0.5, 0.6) is 5.75 Å². The fraction of sp³-hybridized carbons (Fsp3) is 0.261. The summed E-state index contributed by atoms with van der Waals surface area (Å²) in [5.74, 6) is 0.978. The average molecular weight is 815 g/mol. The normalized spacial score (nSPS) is 22.0. The Morgan fingerprint density at radius 2 is 1.19 bits per heavy atom. The number of Topliss-reactive ketones (excluding diaryl/α,β-unsaturated/α-hetero) is 2. The number of nitrogens with zero attached hydrogens (tertiary/aromatic N) is 4. The molecule has 6 aliphatic rings. The third-order valence-corrected chi connectivity index (χ3v) is 16.7. The minimum atomic E-state index is -0.506. The SMILES string of the molecule is CC1CC=C2C(=O)/C(=C\c3cc4sc5c(c4s3)C3(CCCCC3)Oc3c-5sc4cc(/C=C5\C(=O)C6=CCCC=C6C5=C(C#N)C#N)sc34)C(=C(C#N)C#N)C2=CC1. The van der Waals surface area contributed by atoms with Crippen LogP contribution in [0.25, 0.3) is 40.7 Å². The van der Waals surface area contributed by atoms with Crippen LogP contribution in [0.1, 0.15) is 80.0 Å². The van der Waals surface area contributed by atoms with Gasteiger partial charge in [0.2, 0.25) is 0 Å². The first-order valence-electron chi connectivity index (χ1n) is 19.0. The van der Waals surface area contributed by atoms with Crippen molar-refractivity contribution in [2.45, 2.75) is 70.3 Å². The third kappa shape index (κ3) is 5.35. The van der Waals surface area contributed by atoms with Crippen molar-refractivity contribution in [3.63, 3.8) is 0 Å². The molecule has 10 rings (SSSR count). The molecule has 0 saturated heterocycles. The zero-order chi connectivity index (χ0) is 39.2. The number of hydrogen-bond donors (Lipinski definition) is 0. The number of hydrogen-bond acceptors (Lipinski definition) is 11. The number of carbonyl (C=O) groups is 2. The summed E-state index contributed by atoms with van der Waals surface area (Å²) in [4.78, 5) is 31.7. The van der Waals surface area contributed by atoms with Crippen LogP contribution in [0.4, 0.5) is 0 Å². The number of thiophene rings is 4. The van der Waals surface area contributed by atoms with Crippen molar-refractivity contribution in [1.29, 1.82) is 21.0 Å². The van der Waals surface area contributed by atoms with E-state index in [4.69, 9.17) is 4.74 Å². The summed E-state index contributed by atoms with van der Waals surface area (Å²) in [7, 11) is 0. The lowest BCUT2D eigenvalue weighted by molar-refractivity contribution is -0.112. The minimum Gasteiger partial charge on any atom is -0.479 e. The van der Waals surface area contributed by atoms with E-state index in [-0.39, 0.29) is 22.7 Å². The Kier molecular flexibility index (Phi) is 8.45. The summed E-state index contributed by atoms with van der Waals surface area (Å²) in [6.07, 6.45) is 19.6. The lowest BCUT2D eigenvalue weighted by atomic mass is 9.78. The average Bonchev–Trinajstić information content (AvgIpc) is 4.03. The molecule has 3 fully saturated rings. The van der Waals surface area contributed by atoms with E-state index in [1.165, 1.54) is 10.4 Å². The second kappa shape index (κ2) is 13.5. The molecule has 5 heterocycles. The minimum absolute atomic E-state index is 0.0396. The first-order valence-corrected chi connectivity index (χ1v) is 22.3. The number of fused-ring (bicyclic) bond motifs is 10. The van der Waals surface area contributed by atoms with E-state index in [1.807, 2.05) is 48.6 Å². The van der Waals surface area contributed by atoms with Crippen molar-refractivity contribution in [3.05, 3.63) is 107 Å². The van der Waals surface area contributed by atoms with Gasteiger partial charge in [0, 0.05) is 53.5 Å². The Bertz CT molecular complexity index is 2980. The van der Waals surface area contributed by atoms with Crippen molar-refractivity contribution < 1.29 is 14.3 Å². The molecular weight excluding hydrogens is 785 g/mol. The summed E-state index contributed by atoms with van der Waals surface area (Å²) in [5, 5.41) is 39.6. The second-order valence-corrected chi connectivity index (χ2v) is 19.5. The predicted octanol–water partition coefficient (Wildman–Crippen LogP) is 12.0. The van der Waals surface area contributed by atoms with Crippen LogP contribution >= 0.6 is 45.3 Å². The highest BCUT2D eigenvalue weighted by molar-refractivity contribution is 7.35. The molecule has 11 heteroatoms.